The number of ether oxygens (including phenoxy) is 1. The second kappa shape index (κ2) is 6.03. The molecule has 0 saturated carbocycles. The Hall–Kier alpha value is -1.60. The predicted molar refractivity (Wildman–Crippen MR) is 69.6 cm³/mol. The van der Waals surface area contributed by atoms with Crippen LogP contribution in [0.25, 0.3) is 0 Å². The summed E-state index contributed by atoms with van der Waals surface area (Å²) in [6.45, 7) is 3.27. The molecule has 1 aromatic carbocycles. The molecule has 0 aliphatic carbocycles. The Balaban J connectivity index is 2.99. The lowest BCUT2D eigenvalue weighted by Crippen LogP contribution is -2.44. The third-order valence-electron chi connectivity index (χ3n) is 2.58. The van der Waals surface area contributed by atoms with Gasteiger partial charge in [0.1, 0.15) is 11.8 Å². The predicted octanol–water partition coefficient (Wildman–Crippen LogP) is 1.08. The number of rotatable bonds is 6. The summed E-state index contributed by atoms with van der Waals surface area (Å²) in [7, 11) is -2.39. The molecule has 0 amide bonds. The van der Waals surface area contributed by atoms with Crippen LogP contribution in [0, 0.1) is 5.92 Å². The van der Waals surface area contributed by atoms with Crippen LogP contribution in [0.2, 0.25) is 0 Å². The molecular weight excluding hydrogens is 270 g/mol. The number of nitrogens with one attached hydrogen (secondary N) is 1. The van der Waals surface area contributed by atoms with Crippen molar-refractivity contribution in [3.05, 3.63) is 24.3 Å². The van der Waals surface area contributed by atoms with Gasteiger partial charge in [-0.05, 0) is 30.2 Å². The van der Waals surface area contributed by atoms with Crippen LogP contribution in [-0.4, -0.2) is 32.6 Å². The number of aliphatic carboxylic acids is 1. The number of carbonyl (C=O) groups is 1. The highest BCUT2D eigenvalue weighted by atomic mass is 32.2. The molecule has 2 N–H and O–H groups in total. The summed E-state index contributed by atoms with van der Waals surface area (Å²) in [5.74, 6) is -1.03. The van der Waals surface area contributed by atoms with Crippen LogP contribution in [0.15, 0.2) is 29.2 Å². The summed E-state index contributed by atoms with van der Waals surface area (Å²) in [5, 5.41) is 8.99. The van der Waals surface area contributed by atoms with Gasteiger partial charge in [-0.25, -0.2) is 8.42 Å². The second-order valence-corrected chi connectivity index (χ2v) is 6.07. The van der Waals surface area contributed by atoms with Gasteiger partial charge in [-0.2, -0.15) is 4.72 Å². The second-order valence-electron chi connectivity index (χ2n) is 4.36. The number of hydrogen-bond donors (Lipinski definition) is 2. The monoisotopic (exact) mass is 287 g/mol. The molecular formula is C12H17NO5S. The number of benzene rings is 1. The smallest absolute Gasteiger partial charge is 0.322 e. The summed E-state index contributed by atoms with van der Waals surface area (Å²) in [6.07, 6.45) is 0. The van der Waals surface area contributed by atoms with Gasteiger partial charge in [-0.15, -0.1) is 0 Å². The normalized spacial score (nSPS) is 13.3. The zero-order chi connectivity index (χ0) is 14.6. The maximum Gasteiger partial charge on any atom is 0.322 e. The van der Waals surface area contributed by atoms with E-state index < -0.39 is 22.0 Å². The van der Waals surface area contributed by atoms with Gasteiger partial charge < -0.3 is 9.84 Å². The van der Waals surface area contributed by atoms with E-state index in [1.807, 2.05) is 0 Å². The molecule has 0 spiro atoms. The summed E-state index contributed by atoms with van der Waals surface area (Å²) in [6, 6.07) is 4.56. The molecule has 0 fully saturated rings. The molecule has 0 aromatic heterocycles. The molecule has 0 saturated heterocycles. The SMILES string of the molecule is COc1ccc(S(=O)(=O)N[C@H](C(=O)O)C(C)C)cc1. The minimum atomic E-state index is -3.86. The first kappa shape index (κ1) is 15.5. The molecule has 1 aromatic rings. The van der Waals surface area contributed by atoms with Gasteiger partial charge in [0.05, 0.1) is 12.0 Å². The van der Waals surface area contributed by atoms with Crippen LogP contribution in [0.4, 0.5) is 0 Å². The Morgan fingerprint density at radius 2 is 1.79 bits per heavy atom. The molecule has 0 unspecified atom stereocenters. The molecule has 19 heavy (non-hydrogen) atoms. The highest BCUT2D eigenvalue weighted by molar-refractivity contribution is 7.89. The fraction of sp³-hybridized carbons (Fsp3) is 0.417. The maximum absolute atomic E-state index is 12.0. The van der Waals surface area contributed by atoms with Crippen LogP contribution >= 0.6 is 0 Å². The molecule has 0 aliphatic heterocycles. The molecule has 0 heterocycles. The first-order chi connectivity index (χ1) is 8.77. The van der Waals surface area contributed by atoms with Crippen molar-refractivity contribution in [3.63, 3.8) is 0 Å². The van der Waals surface area contributed by atoms with Crippen LogP contribution in [0.3, 0.4) is 0 Å². The number of hydrogen-bond acceptors (Lipinski definition) is 4. The summed E-state index contributed by atoms with van der Waals surface area (Å²) in [4.78, 5) is 11.0. The van der Waals surface area contributed by atoms with Crippen molar-refractivity contribution < 1.29 is 23.1 Å². The first-order valence-electron chi connectivity index (χ1n) is 5.67. The van der Waals surface area contributed by atoms with Gasteiger partial charge >= 0.3 is 5.97 Å². The van der Waals surface area contributed by atoms with E-state index in [0.29, 0.717) is 5.75 Å². The van der Waals surface area contributed by atoms with E-state index in [1.165, 1.54) is 31.4 Å². The van der Waals surface area contributed by atoms with Gasteiger partial charge in [0.2, 0.25) is 10.0 Å². The van der Waals surface area contributed by atoms with E-state index >= 15 is 0 Å². The van der Waals surface area contributed by atoms with Gasteiger partial charge in [-0.3, -0.25) is 4.79 Å². The Bertz CT molecular complexity index is 536. The minimum absolute atomic E-state index is 0.000185. The Morgan fingerprint density at radius 3 is 2.16 bits per heavy atom. The summed E-state index contributed by atoms with van der Waals surface area (Å²) < 4.78 is 31.2. The van der Waals surface area contributed by atoms with Crippen LogP contribution in [0.1, 0.15) is 13.8 Å². The summed E-state index contributed by atoms with van der Waals surface area (Å²) in [5.41, 5.74) is 0. The van der Waals surface area contributed by atoms with Gasteiger partial charge in [-0.1, -0.05) is 13.8 Å². The van der Waals surface area contributed by atoms with Crippen molar-refractivity contribution >= 4 is 16.0 Å². The third kappa shape index (κ3) is 3.93. The van der Waals surface area contributed by atoms with Gasteiger partial charge in [0.15, 0.2) is 0 Å². The molecule has 7 heteroatoms. The van der Waals surface area contributed by atoms with Crippen molar-refractivity contribution in [2.75, 3.05) is 7.11 Å². The van der Waals surface area contributed by atoms with Crippen molar-refractivity contribution in [1.82, 2.24) is 4.72 Å². The lowest BCUT2D eigenvalue weighted by Gasteiger charge is -2.18. The largest absolute Gasteiger partial charge is 0.497 e. The fourth-order valence-corrected chi connectivity index (χ4v) is 2.80. The Morgan fingerprint density at radius 1 is 1.26 bits per heavy atom. The lowest BCUT2D eigenvalue weighted by molar-refractivity contribution is -0.140. The molecule has 6 nitrogen and oxygen atoms in total. The van der Waals surface area contributed by atoms with E-state index in [2.05, 4.69) is 4.72 Å². The van der Waals surface area contributed by atoms with E-state index in [9.17, 15) is 13.2 Å². The van der Waals surface area contributed by atoms with Gasteiger partial charge in [0, 0.05) is 0 Å². The Kier molecular flexibility index (Phi) is 4.90. The highest BCUT2D eigenvalue weighted by Crippen LogP contribution is 2.16. The molecule has 106 valence electrons. The maximum atomic E-state index is 12.0. The van der Waals surface area contributed by atoms with Crippen molar-refractivity contribution in [3.8, 4) is 5.75 Å². The van der Waals surface area contributed by atoms with Gasteiger partial charge in [0.25, 0.3) is 0 Å². The number of carboxylic acids is 1. The molecule has 0 radical (unpaired) electrons. The van der Waals surface area contributed by atoms with Crippen LogP contribution in [0.5, 0.6) is 5.75 Å². The molecule has 0 bridgehead atoms. The van der Waals surface area contributed by atoms with Crippen molar-refractivity contribution in [2.24, 2.45) is 5.92 Å². The van der Waals surface area contributed by atoms with Crippen molar-refractivity contribution in [1.29, 1.82) is 0 Å². The lowest BCUT2D eigenvalue weighted by atomic mass is 10.1. The van der Waals surface area contributed by atoms with Crippen LogP contribution < -0.4 is 9.46 Å². The summed E-state index contributed by atoms with van der Waals surface area (Å²) >= 11 is 0. The molecule has 0 aliphatic rings. The third-order valence-corrected chi connectivity index (χ3v) is 4.04. The van der Waals surface area contributed by atoms with Crippen molar-refractivity contribution in [2.45, 2.75) is 24.8 Å². The quantitative estimate of drug-likeness (QED) is 0.816. The first-order valence-corrected chi connectivity index (χ1v) is 7.15. The molecule has 1 atom stereocenters. The van der Waals surface area contributed by atoms with E-state index in [-0.39, 0.29) is 10.8 Å². The fourth-order valence-electron chi connectivity index (χ4n) is 1.46. The number of carboxylic acid groups (broad SMARTS) is 1. The Labute approximate surface area is 112 Å². The highest BCUT2D eigenvalue weighted by Gasteiger charge is 2.27. The number of sulfonamides is 1. The van der Waals surface area contributed by atoms with Crippen LogP contribution in [-0.2, 0) is 14.8 Å². The zero-order valence-corrected chi connectivity index (χ0v) is 11.8. The number of methoxy groups -OCH3 is 1. The average molecular weight is 287 g/mol. The van der Waals surface area contributed by atoms with E-state index in [1.54, 1.807) is 13.8 Å². The van der Waals surface area contributed by atoms with E-state index in [4.69, 9.17) is 9.84 Å². The zero-order valence-electron chi connectivity index (χ0n) is 11.0. The topological polar surface area (TPSA) is 92.7 Å². The standard InChI is InChI=1S/C12H17NO5S/c1-8(2)11(12(14)15)13-19(16,17)10-6-4-9(18-3)5-7-10/h4-8,11,13H,1-3H3,(H,14,15)/t11-/m0/s1. The van der Waals surface area contributed by atoms with E-state index in [0.717, 1.165) is 0 Å². The molecule has 1 rings (SSSR count). The minimum Gasteiger partial charge on any atom is -0.497 e. The average Bonchev–Trinajstić information content (AvgIpc) is 2.35.